The Morgan fingerprint density at radius 3 is 2.59 bits per heavy atom. The van der Waals surface area contributed by atoms with E-state index in [1.165, 1.54) is 10.6 Å². The fourth-order valence-electron chi connectivity index (χ4n) is 1.65. The first kappa shape index (κ1) is 12.1. The van der Waals surface area contributed by atoms with E-state index in [0.29, 0.717) is 16.6 Å². The number of hydrogen-bond donors (Lipinski definition) is 0. The lowest BCUT2D eigenvalue weighted by Crippen LogP contribution is -2.24. The zero-order valence-corrected chi connectivity index (χ0v) is 10.9. The molecule has 0 fully saturated rings. The van der Waals surface area contributed by atoms with E-state index in [0.717, 1.165) is 0 Å². The van der Waals surface area contributed by atoms with E-state index in [1.807, 2.05) is 6.92 Å². The van der Waals surface area contributed by atoms with Crippen LogP contribution in [0.4, 0.5) is 4.39 Å². The maximum atomic E-state index is 13.6. The zero-order chi connectivity index (χ0) is 12.4. The third kappa shape index (κ3) is 2.49. The first-order valence-corrected chi connectivity index (χ1v) is 6.10. The molecule has 0 unspecified atom stereocenters. The van der Waals surface area contributed by atoms with Crippen molar-refractivity contribution in [3.8, 4) is 0 Å². The smallest absolute Gasteiger partial charge is 0.300 e. The van der Waals surface area contributed by atoms with Crippen molar-refractivity contribution in [3.63, 3.8) is 0 Å². The Kier molecular flexibility index (Phi) is 3.47. The van der Waals surface area contributed by atoms with Crippen molar-refractivity contribution >= 4 is 15.9 Å². The normalized spacial score (nSPS) is 10.8. The maximum Gasteiger partial charge on any atom is 0.328 e. The van der Waals surface area contributed by atoms with E-state index in [2.05, 4.69) is 15.9 Å². The molecule has 0 atom stereocenters. The van der Waals surface area contributed by atoms with Gasteiger partial charge in [-0.2, -0.15) is 0 Å². The highest BCUT2D eigenvalue weighted by Crippen LogP contribution is 2.15. The van der Waals surface area contributed by atoms with Crippen LogP contribution in [0, 0.1) is 5.82 Å². The minimum Gasteiger partial charge on any atom is -0.300 e. The van der Waals surface area contributed by atoms with E-state index < -0.39 is 0 Å². The van der Waals surface area contributed by atoms with Crippen molar-refractivity contribution in [3.05, 3.63) is 56.9 Å². The number of nitrogens with zero attached hydrogens (tertiary/aromatic N) is 2. The molecular formula is C12H12BrFN2O. The largest absolute Gasteiger partial charge is 0.328 e. The molecule has 0 aliphatic heterocycles. The molecule has 17 heavy (non-hydrogen) atoms. The Morgan fingerprint density at radius 2 is 2.00 bits per heavy atom. The lowest BCUT2D eigenvalue weighted by Gasteiger charge is -2.04. The molecule has 0 aliphatic carbocycles. The number of halogens is 2. The summed E-state index contributed by atoms with van der Waals surface area (Å²) in [7, 11) is 0. The van der Waals surface area contributed by atoms with E-state index in [-0.39, 0.29) is 18.1 Å². The van der Waals surface area contributed by atoms with Crippen molar-refractivity contribution in [1.29, 1.82) is 0 Å². The van der Waals surface area contributed by atoms with Crippen LogP contribution in [0.1, 0.15) is 12.5 Å². The monoisotopic (exact) mass is 298 g/mol. The molecule has 1 aromatic carbocycles. The first-order valence-electron chi connectivity index (χ1n) is 5.31. The average Bonchev–Trinajstić information content (AvgIpc) is 2.64. The Hall–Kier alpha value is -1.36. The highest BCUT2D eigenvalue weighted by atomic mass is 79.9. The zero-order valence-electron chi connectivity index (χ0n) is 9.36. The van der Waals surface area contributed by atoms with Gasteiger partial charge in [0.2, 0.25) is 0 Å². The summed E-state index contributed by atoms with van der Waals surface area (Å²) in [4.78, 5) is 11.8. The van der Waals surface area contributed by atoms with Gasteiger partial charge in [-0.15, -0.1) is 0 Å². The van der Waals surface area contributed by atoms with Crippen LogP contribution in [0.2, 0.25) is 0 Å². The Labute approximate surface area is 107 Å². The number of rotatable bonds is 3. The first-order chi connectivity index (χ1) is 8.11. The third-order valence-electron chi connectivity index (χ3n) is 2.61. The molecule has 1 aromatic heterocycles. The van der Waals surface area contributed by atoms with E-state index in [1.54, 1.807) is 29.1 Å². The van der Waals surface area contributed by atoms with Crippen molar-refractivity contribution < 1.29 is 4.39 Å². The number of imidazole rings is 1. The van der Waals surface area contributed by atoms with Gasteiger partial charge in [0, 0.05) is 29.0 Å². The Balaban J connectivity index is 2.31. The lowest BCUT2D eigenvalue weighted by atomic mass is 10.2. The van der Waals surface area contributed by atoms with Crippen LogP contribution >= 0.6 is 15.9 Å². The van der Waals surface area contributed by atoms with Crippen LogP contribution in [0.5, 0.6) is 0 Å². The van der Waals surface area contributed by atoms with Crippen molar-refractivity contribution in [2.45, 2.75) is 20.0 Å². The maximum absolute atomic E-state index is 13.6. The number of benzene rings is 1. The van der Waals surface area contributed by atoms with Crippen LogP contribution < -0.4 is 5.69 Å². The van der Waals surface area contributed by atoms with Gasteiger partial charge in [-0.1, -0.05) is 22.0 Å². The van der Waals surface area contributed by atoms with Gasteiger partial charge in [0.1, 0.15) is 5.82 Å². The molecule has 0 saturated carbocycles. The quantitative estimate of drug-likeness (QED) is 0.856. The molecule has 90 valence electrons. The minimum absolute atomic E-state index is 0.116. The minimum atomic E-state index is -0.310. The molecule has 1 heterocycles. The number of aromatic nitrogens is 2. The van der Waals surface area contributed by atoms with Gasteiger partial charge in [0.25, 0.3) is 0 Å². The van der Waals surface area contributed by atoms with Gasteiger partial charge >= 0.3 is 5.69 Å². The highest BCUT2D eigenvalue weighted by Gasteiger charge is 2.06. The summed E-state index contributed by atoms with van der Waals surface area (Å²) in [5.74, 6) is -0.310. The van der Waals surface area contributed by atoms with Crippen LogP contribution in [0.25, 0.3) is 0 Å². The molecule has 0 bridgehead atoms. The second-order valence-electron chi connectivity index (χ2n) is 3.73. The highest BCUT2D eigenvalue weighted by molar-refractivity contribution is 9.10. The Morgan fingerprint density at radius 1 is 1.29 bits per heavy atom. The second-order valence-corrected chi connectivity index (χ2v) is 4.65. The molecule has 3 nitrogen and oxygen atoms in total. The predicted molar refractivity (Wildman–Crippen MR) is 67.6 cm³/mol. The van der Waals surface area contributed by atoms with Gasteiger partial charge in [-0.05, 0) is 19.1 Å². The van der Waals surface area contributed by atoms with Crippen LogP contribution in [0.3, 0.4) is 0 Å². The molecule has 2 rings (SSSR count). The lowest BCUT2D eigenvalue weighted by molar-refractivity contribution is 0.590. The van der Waals surface area contributed by atoms with E-state index >= 15 is 0 Å². The number of hydrogen-bond acceptors (Lipinski definition) is 1. The molecule has 5 heteroatoms. The molecule has 0 radical (unpaired) electrons. The van der Waals surface area contributed by atoms with Crippen LogP contribution in [-0.4, -0.2) is 9.13 Å². The molecule has 2 aromatic rings. The predicted octanol–water partition coefficient (Wildman–Crippen LogP) is 2.62. The summed E-state index contributed by atoms with van der Waals surface area (Å²) in [5.41, 5.74) is 0.388. The van der Waals surface area contributed by atoms with E-state index in [4.69, 9.17) is 0 Å². The number of aryl methyl sites for hydroxylation is 1. The van der Waals surface area contributed by atoms with Crippen molar-refractivity contribution in [2.75, 3.05) is 0 Å². The fraction of sp³-hybridized carbons (Fsp3) is 0.250. The summed E-state index contributed by atoms with van der Waals surface area (Å²) in [6, 6.07) is 4.84. The molecule has 0 amide bonds. The van der Waals surface area contributed by atoms with Crippen LogP contribution in [-0.2, 0) is 13.1 Å². The molecule has 0 aliphatic rings. The molecular weight excluding hydrogens is 287 g/mol. The molecule has 0 saturated heterocycles. The van der Waals surface area contributed by atoms with Gasteiger partial charge in [-0.3, -0.25) is 9.13 Å². The summed E-state index contributed by atoms with van der Waals surface area (Å²) in [6.45, 7) is 2.77. The van der Waals surface area contributed by atoms with Crippen molar-refractivity contribution in [1.82, 2.24) is 9.13 Å². The summed E-state index contributed by atoms with van der Waals surface area (Å²) >= 11 is 3.20. The summed E-state index contributed by atoms with van der Waals surface area (Å²) < 4.78 is 17.4. The second kappa shape index (κ2) is 4.87. The molecule has 0 spiro atoms. The fourth-order valence-corrected chi connectivity index (χ4v) is 1.98. The summed E-state index contributed by atoms with van der Waals surface area (Å²) in [5, 5.41) is 0. The van der Waals surface area contributed by atoms with Gasteiger partial charge in [0.05, 0.1) is 6.54 Å². The average molecular weight is 299 g/mol. The van der Waals surface area contributed by atoms with Crippen LogP contribution in [0.15, 0.2) is 39.9 Å². The van der Waals surface area contributed by atoms with E-state index in [9.17, 15) is 9.18 Å². The van der Waals surface area contributed by atoms with Crippen molar-refractivity contribution in [2.24, 2.45) is 0 Å². The van der Waals surface area contributed by atoms with Gasteiger partial charge in [0.15, 0.2) is 0 Å². The topological polar surface area (TPSA) is 26.9 Å². The molecule has 0 N–H and O–H groups in total. The van der Waals surface area contributed by atoms with Gasteiger partial charge in [-0.25, -0.2) is 9.18 Å². The summed E-state index contributed by atoms with van der Waals surface area (Å²) in [6.07, 6.45) is 3.38. The Bertz CT molecular complexity index is 588. The third-order valence-corrected chi connectivity index (χ3v) is 3.11. The standard InChI is InChI=1S/C12H12BrFN2O/c1-2-15-5-6-16(12(15)17)8-9-3-4-10(13)7-11(9)14/h3-7H,2,8H2,1H3. The SMILES string of the molecule is CCn1ccn(Cc2ccc(Br)cc2F)c1=O. The van der Waals surface area contributed by atoms with Gasteiger partial charge < -0.3 is 0 Å².